The van der Waals surface area contributed by atoms with Gasteiger partial charge in [0.05, 0.1) is 0 Å². The Hall–Kier alpha value is -0.820. The third-order valence-corrected chi connectivity index (χ3v) is 3.34. The van der Waals surface area contributed by atoms with Crippen molar-refractivity contribution in [1.82, 2.24) is 0 Å². The first-order chi connectivity index (χ1) is 7.30. The van der Waals surface area contributed by atoms with Crippen molar-refractivity contribution in [1.29, 1.82) is 0 Å². The number of nitrogens with two attached hydrogens (primary N) is 1. The van der Waals surface area contributed by atoms with Gasteiger partial charge in [-0.2, -0.15) is 0 Å². The van der Waals surface area contributed by atoms with E-state index in [1.165, 1.54) is 16.7 Å². The third-order valence-electron chi connectivity index (χ3n) is 3.34. The Labute approximate surface area is 100 Å². The lowest BCUT2D eigenvalue weighted by Crippen LogP contribution is -2.35. The van der Waals surface area contributed by atoms with Gasteiger partial charge in [-0.3, -0.25) is 0 Å². The molecule has 0 amide bonds. The van der Waals surface area contributed by atoms with E-state index >= 15 is 0 Å². The van der Waals surface area contributed by atoms with Gasteiger partial charge in [0.25, 0.3) is 0 Å². The quantitative estimate of drug-likeness (QED) is 0.825. The molecule has 1 aromatic carbocycles. The molecule has 0 saturated heterocycles. The molecule has 1 rings (SSSR count). The van der Waals surface area contributed by atoms with Crippen LogP contribution in [0.25, 0.3) is 0 Å². The van der Waals surface area contributed by atoms with Crippen LogP contribution in [0, 0.1) is 19.3 Å². The second kappa shape index (κ2) is 5.01. The van der Waals surface area contributed by atoms with Gasteiger partial charge in [-0.25, -0.2) is 0 Å². The first-order valence-corrected chi connectivity index (χ1v) is 6.12. The number of hydrogen-bond acceptors (Lipinski definition) is 1. The standard InChI is InChI=1S/C15H25N/c1-11-6-7-13(12(2)10-11)8-9-14(16)15(3,4)5/h6-7,10,14H,8-9,16H2,1-5H3. The molecule has 2 N–H and O–H groups in total. The summed E-state index contributed by atoms with van der Waals surface area (Å²) in [5.74, 6) is 0. The lowest BCUT2D eigenvalue weighted by molar-refractivity contribution is 0.306. The van der Waals surface area contributed by atoms with Crippen LogP contribution in [0.5, 0.6) is 0 Å². The van der Waals surface area contributed by atoms with Crippen LogP contribution in [0.3, 0.4) is 0 Å². The monoisotopic (exact) mass is 219 g/mol. The zero-order chi connectivity index (χ0) is 12.3. The molecule has 16 heavy (non-hydrogen) atoms. The maximum Gasteiger partial charge on any atom is 0.00908 e. The number of hydrogen-bond donors (Lipinski definition) is 1. The minimum Gasteiger partial charge on any atom is -0.327 e. The molecular weight excluding hydrogens is 194 g/mol. The molecule has 1 nitrogen and oxygen atoms in total. The minimum absolute atomic E-state index is 0.207. The maximum atomic E-state index is 6.18. The normalized spacial score (nSPS) is 13.9. The number of aryl methyl sites for hydroxylation is 3. The van der Waals surface area contributed by atoms with Gasteiger partial charge < -0.3 is 5.73 Å². The second-order valence-corrected chi connectivity index (χ2v) is 5.94. The summed E-state index contributed by atoms with van der Waals surface area (Å²) in [7, 11) is 0. The van der Waals surface area contributed by atoms with Gasteiger partial charge in [-0.15, -0.1) is 0 Å². The lowest BCUT2D eigenvalue weighted by Gasteiger charge is -2.27. The van der Waals surface area contributed by atoms with E-state index in [4.69, 9.17) is 5.73 Å². The molecule has 0 fully saturated rings. The molecule has 0 aliphatic heterocycles. The zero-order valence-electron chi connectivity index (χ0n) is 11.3. The smallest absolute Gasteiger partial charge is 0.00908 e. The molecule has 0 spiro atoms. The van der Waals surface area contributed by atoms with Gasteiger partial charge in [0.15, 0.2) is 0 Å². The fourth-order valence-corrected chi connectivity index (χ4v) is 1.87. The predicted molar refractivity (Wildman–Crippen MR) is 71.7 cm³/mol. The molecule has 0 saturated carbocycles. The Morgan fingerprint density at radius 1 is 1.19 bits per heavy atom. The highest BCUT2D eigenvalue weighted by Gasteiger charge is 2.20. The molecule has 0 aliphatic carbocycles. The molecular formula is C15H25N. The summed E-state index contributed by atoms with van der Waals surface area (Å²) in [5.41, 5.74) is 10.5. The molecule has 0 bridgehead atoms. The fourth-order valence-electron chi connectivity index (χ4n) is 1.87. The Kier molecular flexibility index (Phi) is 4.15. The van der Waals surface area contributed by atoms with Crippen LogP contribution < -0.4 is 5.73 Å². The minimum atomic E-state index is 0.207. The largest absolute Gasteiger partial charge is 0.327 e. The van der Waals surface area contributed by atoms with Gasteiger partial charge in [-0.1, -0.05) is 44.5 Å². The highest BCUT2D eigenvalue weighted by molar-refractivity contribution is 5.30. The molecule has 0 heterocycles. The topological polar surface area (TPSA) is 26.0 Å². The highest BCUT2D eigenvalue weighted by Crippen LogP contribution is 2.22. The van der Waals surface area contributed by atoms with Crippen molar-refractivity contribution in [3.63, 3.8) is 0 Å². The molecule has 0 radical (unpaired) electrons. The van der Waals surface area contributed by atoms with Crippen LogP contribution >= 0.6 is 0 Å². The average molecular weight is 219 g/mol. The van der Waals surface area contributed by atoms with Gasteiger partial charge in [0.1, 0.15) is 0 Å². The van der Waals surface area contributed by atoms with Crippen molar-refractivity contribution >= 4 is 0 Å². The number of rotatable bonds is 3. The van der Waals surface area contributed by atoms with Crippen LogP contribution in [-0.2, 0) is 6.42 Å². The van der Waals surface area contributed by atoms with E-state index in [1.54, 1.807) is 0 Å². The summed E-state index contributed by atoms with van der Waals surface area (Å²) in [6.07, 6.45) is 2.15. The Balaban J connectivity index is 2.62. The average Bonchev–Trinajstić information content (AvgIpc) is 2.14. The molecule has 0 aliphatic rings. The van der Waals surface area contributed by atoms with E-state index in [0.717, 1.165) is 12.8 Å². The summed E-state index contributed by atoms with van der Waals surface area (Å²) in [5, 5.41) is 0. The predicted octanol–water partition coefficient (Wildman–Crippen LogP) is 3.61. The second-order valence-electron chi connectivity index (χ2n) is 5.94. The van der Waals surface area contributed by atoms with E-state index in [0.29, 0.717) is 0 Å². The maximum absolute atomic E-state index is 6.18. The summed E-state index contributed by atoms with van der Waals surface area (Å²) >= 11 is 0. The molecule has 1 unspecified atom stereocenters. The van der Waals surface area contributed by atoms with Crippen molar-refractivity contribution in [3.8, 4) is 0 Å². The highest BCUT2D eigenvalue weighted by atomic mass is 14.7. The van der Waals surface area contributed by atoms with Crippen LogP contribution in [0.15, 0.2) is 18.2 Å². The van der Waals surface area contributed by atoms with Crippen molar-refractivity contribution < 1.29 is 0 Å². The first kappa shape index (κ1) is 13.2. The van der Waals surface area contributed by atoms with E-state index in [1.807, 2.05) is 0 Å². The van der Waals surface area contributed by atoms with Gasteiger partial charge >= 0.3 is 0 Å². The molecule has 1 aromatic rings. The van der Waals surface area contributed by atoms with Crippen molar-refractivity contribution in [3.05, 3.63) is 34.9 Å². The van der Waals surface area contributed by atoms with Gasteiger partial charge in [0, 0.05) is 6.04 Å². The summed E-state index contributed by atoms with van der Waals surface area (Å²) < 4.78 is 0. The lowest BCUT2D eigenvalue weighted by atomic mass is 9.83. The van der Waals surface area contributed by atoms with Crippen molar-refractivity contribution in [2.45, 2.75) is 53.5 Å². The van der Waals surface area contributed by atoms with Crippen LogP contribution in [0.1, 0.15) is 43.9 Å². The Morgan fingerprint density at radius 2 is 1.81 bits per heavy atom. The van der Waals surface area contributed by atoms with Crippen LogP contribution in [-0.4, -0.2) is 6.04 Å². The summed E-state index contributed by atoms with van der Waals surface area (Å²) in [6, 6.07) is 6.94. The molecule has 90 valence electrons. The fraction of sp³-hybridized carbons (Fsp3) is 0.600. The molecule has 1 heteroatoms. The van der Waals surface area contributed by atoms with E-state index in [9.17, 15) is 0 Å². The zero-order valence-corrected chi connectivity index (χ0v) is 11.3. The van der Waals surface area contributed by atoms with E-state index < -0.39 is 0 Å². The molecule has 0 aromatic heterocycles. The van der Waals surface area contributed by atoms with E-state index in [2.05, 4.69) is 52.8 Å². The first-order valence-electron chi connectivity index (χ1n) is 6.12. The summed E-state index contributed by atoms with van der Waals surface area (Å²) in [6.45, 7) is 10.9. The van der Waals surface area contributed by atoms with Crippen molar-refractivity contribution in [2.75, 3.05) is 0 Å². The van der Waals surface area contributed by atoms with Crippen LogP contribution in [0.2, 0.25) is 0 Å². The van der Waals surface area contributed by atoms with Crippen LogP contribution in [0.4, 0.5) is 0 Å². The van der Waals surface area contributed by atoms with Crippen molar-refractivity contribution in [2.24, 2.45) is 11.1 Å². The Bertz CT molecular complexity index is 347. The van der Waals surface area contributed by atoms with E-state index in [-0.39, 0.29) is 11.5 Å². The number of benzene rings is 1. The van der Waals surface area contributed by atoms with Gasteiger partial charge in [0.2, 0.25) is 0 Å². The Morgan fingerprint density at radius 3 is 2.31 bits per heavy atom. The molecule has 1 atom stereocenters. The SMILES string of the molecule is Cc1ccc(CCC(N)C(C)(C)C)c(C)c1. The van der Waals surface area contributed by atoms with Gasteiger partial charge in [-0.05, 0) is 43.2 Å². The third kappa shape index (κ3) is 3.64. The summed E-state index contributed by atoms with van der Waals surface area (Å²) in [4.78, 5) is 0.